The van der Waals surface area contributed by atoms with Gasteiger partial charge in [-0.2, -0.15) is 0 Å². The first-order valence-electron chi connectivity index (χ1n) is 8.45. The second-order valence-corrected chi connectivity index (χ2v) is 7.46. The largest absolute Gasteiger partial charge is 0.366 e. The van der Waals surface area contributed by atoms with Crippen LogP contribution < -0.4 is 17.0 Å². The van der Waals surface area contributed by atoms with Crippen LogP contribution in [0, 0.1) is 5.92 Å². The summed E-state index contributed by atoms with van der Waals surface area (Å²) in [5, 5.41) is 0.785. The minimum atomic E-state index is -0.590. The van der Waals surface area contributed by atoms with Crippen molar-refractivity contribution in [2.45, 2.75) is 18.9 Å². The molecule has 1 aromatic heterocycles. The van der Waals surface area contributed by atoms with Crippen LogP contribution in [0.5, 0.6) is 0 Å². The first-order valence-corrected chi connectivity index (χ1v) is 9.20. The Hall–Kier alpha value is -2.41. The number of nitrogens with zero attached hydrogens (tertiary/aromatic N) is 2. The molecule has 0 saturated heterocycles. The molecule has 1 aliphatic carbocycles. The molecule has 1 saturated carbocycles. The molecule has 1 amide bonds. The molecule has 0 spiro atoms. The summed E-state index contributed by atoms with van der Waals surface area (Å²) in [7, 11) is 0. The van der Waals surface area contributed by atoms with Crippen LogP contribution in [0.4, 0.5) is 0 Å². The molecule has 1 fully saturated rings. The Bertz CT molecular complexity index is 1140. The lowest BCUT2D eigenvalue weighted by molar-refractivity contribution is 0.1000. The number of nitrogens with two attached hydrogens (primary N) is 2. The number of benzene rings is 2. The van der Waals surface area contributed by atoms with Gasteiger partial charge in [-0.1, -0.05) is 29.3 Å². The number of amides is 1. The molecule has 8 heteroatoms. The van der Waals surface area contributed by atoms with E-state index >= 15 is 0 Å². The van der Waals surface area contributed by atoms with Gasteiger partial charge in [0, 0.05) is 5.56 Å². The molecule has 0 bridgehead atoms. The van der Waals surface area contributed by atoms with Crippen LogP contribution >= 0.6 is 23.2 Å². The average Bonchev–Trinajstić information content (AvgIpc) is 3.49. The molecule has 6 nitrogen and oxygen atoms in total. The Kier molecular flexibility index (Phi) is 4.42. The summed E-state index contributed by atoms with van der Waals surface area (Å²) in [6, 6.07) is 9.19. The molecule has 1 atom stereocenters. The summed E-state index contributed by atoms with van der Waals surface area (Å²) in [6.45, 7) is 0. The van der Waals surface area contributed by atoms with Crippen molar-refractivity contribution in [3.63, 3.8) is 0 Å². The van der Waals surface area contributed by atoms with E-state index in [1.807, 2.05) is 0 Å². The van der Waals surface area contributed by atoms with Gasteiger partial charge in [-0.3, -0.25) is 14.2 Å². The molecule has 3 aromatic rings. The quantitative estimate of drug-likeness (QED) is 0.698. The highest BCUT2D eigenvalue weighted by atomic mass is 35.5. The number of fused-ring (bicyclic) bond motifs is 1. The summed E-state index contributed by atoms with van der Waals surface area (Å²) in [5.41, 5.74) is 12.4. The van der Waals surface area contributed by atoms with Gasteiger partial charge >= 0.3 is 0 Å². The number of hydrogen-bond acceptors (Lipinski definition) is 4. The van der Waals surface area contributed by atoms with Gasteiger partial charge in [0.05, 0.1) is 32.7 Å². The van der Waals surface area contributed by atoms with Gasteiger partial charge in [0.15, 0.2) is 0 Å². The summed E-state index contributed by atoms with van der Waals surface area (Å²) in [6.07, 6.45) is 1.94. The van der Waals surface area contributed by atoms with E-state index in [9.17, 15) is 9.59 Å². The van der Waals surface area contributed by atoms with Gasteiger partial charge in [0.1, 0.15) is 5.82 Å². The second kappa shape index (κ2) is 6.64. The maximum Gasteiger partial charge on any atom is 0.267 e. The van der Waals surface area contributed by atoms with Gasteiger partial charge in [0.2, 0.25) is 5.91 Å². The van der Waals surface area contributed by atoms with Crippen LogP contribution in [-0.2, 0) is 0 Å². The number of aromatic nitrogens is 2. The maximum atomic E-state index is 13.4. The van der Waals surface area contributed by atoms with E-state index in [0.717, 1.165) is 12.8 Å². The van der Waals surface area contributed by atoms with Gasteiger partial charge in [-0.05, 0) is 49.1 Å². The van der Waals surface area contributed by atoms with E-state index in [-0.39, 0.29) is 27.4 Å². The van der Waals surface area contributed by atoms with Crippen molar-refractivity contribution in [1.29, 1.82) is 0 Å². The molecule has 0 aliphatic heterocycles. The van der Waals surface area contributed by atoms with Crippen molar-refractivity contribution < 1.29 is 4.79 Å². The fourth-order valence-corrected chi connectivity index (χ4v) is 3.60. The zero-order chi connectivity index (χ0) is 19.3. The number of carbonyl (C=O) groups excluding carboxylic acids is 1. The Morgan fingerprint density at radius 2 is 1.89 bits per heavy atom. The molecule has 2 aromatic carbocycles. The lowest BCUT2D eigenvalue weighted by Gasteiger charge is -2.19. The van der Waals surface area contributed by atoms with Crippen LogP contribution in [0.15, 0.2) is 41.2 Å². The number of rotatable bonds is 4. The summed E-state index contributed by atoms with van der Waals surface area (Å²) in [5.74, 6) is 0.0476. The van der Waals surface area contributed by atoms with Crippen LogP contribution in [0.25, 0.3) is 16.6 Å². The van der Waals surface area contributed by atoms with Crippen molar-refractivity contribution in [3.05, 3.63) is 68.2 Å². The topological polar surface area (TPSA) is 104 Å². The predicted molar refractivity (Wildman–Crippen MR) is 106 cm³/mol. The second-order valence-electron chi connectivity index (χ2n) is 6.64. The third-order valence-electron chi connectivity index (χ3n) is 4.77. The molecular formula is C19H16Cl2N4O2. The van der Waals surface area contributed by atoms with E-state index in [0.29, 0.717) is 22.1 Å². The van der Waals surface area contributed by atoms with Crippen molar-refractivity contribution in [2.75, 3.05) is 0 Å². The first kappa shape index (κ1) is 18.0. The number of primary amides is 1. The van der Waals surface area contributed by atoms with Crippen molar-refractivity contribution in [1.82, 2.24) is 9.55 Å². The zero-order valence-electron chi connectivity index (χ0n) is 14.2. The minimum absolute atomic E-state index is 0.209. The minimum Gasteiger partial charge on any atom is -0.366 e. The van der Waals surface area contributed by atoms with E-state index in [2.05, 4.69) is 4.98 Å². The number of hydrogen-bond donors (Lipinski definition) is 2. The highest BCUT2D eigenvalue weighted by Gasteiger charge is 2.33. The van der Waals surface area contributed by atoms with Crippen LogP contribution in [0.1, 0.15) is 35.1 Å². The molecule has 1 unspecified atom stereocenters. The molecule has 0 radical (unpaired) electrons. The van der Waals surface area contributed by atoms with E-state index < -0.39 is 11.9 Å². The maximum absolute atomic E-state index is 13.4. The molecule has 138 valence electrons. The van der Waals surface area contributed by atoms with Gasteiger partial charge in [0.25, 0.3) is 5.56 Å². The predicted octanol–water partition coefficient (Wildman–Crippen LogP) is 3.20. The van der Waals surface area contributed by atoms with Crippen LogP contribution in [0.3, 0.4) is 0 Å². The third-order valence-corrected chi connectivity index (χ3v) is 5.39. The van der Waals surface area contributed by atoms with Crippen LogP contribution in [-0.4, -0.2) is 15.5 Å². The summed E-state index contributed by atoms with van der Waals surface area (Å²) in [4.78, 5) is 29.5. The molecule has 4 N–H and O–H groups in total. The Morgan fingerprint density at radius 3 is 2.56 bits per heavy atom. The first-order chi connectivity index (χ1) is 12.9. The highest BCUT2D eigenvalue weighted by Crippen LogP contribution is 2.40. The van der Waals surface area contributed by atoms with E-state index in [1.54, 1.807) is 36.4 Å². The fraction of sp³-hybridized carbons (Fsp3) is 0.211. The summed E-state index contributed by atoms with van der Waals surface area (Å²) >= 11 is 12.5. The monoisotopic (exact) mass is 402 g/mol. The Morgan fingerprint density at radius 1 is 1.19 bits per heavy atom. The van der Waals surface area contributed by atoms with E-state index in [4.69, 9.17) is 34.7 Å². The van der Waals surface area contributed by atoms with Gasteiger partial charge < -0.3 is 11.5 Å². The zero-order valence-corrected chi connectivity index (χ0v) is 15.7. The van der Waals surface area contributed by atoms with Crippen molar-refractivity contribution in [2.24, 2.45) is 17.4 Å². The van der Waals surface area contributed by atoms with Crippen LogP contribution in [0.2, 0.25) is 10.0 Å². The normalized spacial score (nSPS) is 15.1. The lowest BCUT2D eigenvalue weighted by Crippen LogP contribution is -2.30. The lowest BCUT2D eigenvalue weighted by atomic mass is 10.1. The fourth-order valence-electron chi connectivity index (χ4n) is 3.17. The third kappa shape index (κ3) is 3.10. The number of halogens is 2. The molecule has 1 heterocycles. The molecular weight excluding hydrogens is 387 g/mol. The average molecular weight is 403 g/mol. The molecule has 27 heavy (non-hydrogen) atoms. The summed E-state index contributed by atoms with van der Waals surface area (Å²) < 4.78 is 1.40. The SMILES string of the molecule is NC(=O)c1cccc(-n2c(C(N)C3CC3)nc3c(Cl)ccc(Cl)c3c2=O)c1. The highest BCUT2D eigenvalue weighted by molar-refractivity contribution is 6.39. The molecule has 4 rings (SSSR count). The van der Waals surface area contributed by atoms with Crippen molar-refractivity contribution >= 4 is 40.0 Å². The Balaban J connectivity index is 2.08. The van der Waals surface area contributed by atoms with Gasteiger partial charge in [-0.15, -0.1) is 0 Å². The van der Waals surface area contributed by atoms with Crippen molar-refractivity contribution in [3.8, 4) is 5.69 Å². The Labute approximate surface area is 164 Å². The standard InChI is InChI=1S/C19H16Cl2N4O2/c20-12-6-7-13(21)16-14(12)19(27)25(18(24-16)15(22)9-4-5-9)11-3-1-2-10(8-11)17(23)26/h1-3,6-9,15H,4-5,22H2,(H2,23,26). The van der Waals surface area contributed by atoms with E-state index in [1.165, 1.54) is 4.57 Å². The van der Waals surface area contributed by atoms with Gasteiger partial charge in [-0.25, -0.2) is 4.98 Å². The molecule has 1 aliphatic rings. The number of carbonyl (C=O) groups is 1. The smallest absolute Gasteiger partial charge is 0.267 e.